The van der Waals surface area contributed by atoms with Crippen molar-refractivity contribution in [2.24, 2.45) is 0 Å². The van der Waals surface area contributed by atoms with Gasteiger partial charge in [-0.3, -0.25) is 0 Å². The highest BCUT2D eigenvalue weighted by atomic mass is 14.9. The van der Waals surface area contributed by atoms with Crippen LogP contribution in [0.2, 0.25) is 0 Å². The van der Waals surface area contributed by atoms with E-state index >= 15 is 0 Å². The molecule has 0 aliphatic heterocycles. The van der Waals surface area contributed by atoms with Crippen LogP contribution in [0.25, 0.3) is 10.9 Å². The molecule has 17 heavy (non-hydrogen) atoms. The van der Waals surface area contributed by atoms with E-state index in [2.05, 4.69) is 53.2 Å². The molecule has 1 N–H and O–H groups in total. The molecule has 0 unspecified atom stereocenters. The highest BCUT2D eigenvalue weighted by Crippen LogP contribution is 2.21. The molecule has 0 amide bonds. The van der Waals surface area contributed by atoms with Crippen molar-refractivity contribution in [1.29, 1.82) is 0 Å². The van der Waals surface area contributed by atoms with Crippen molar-refractivity contribution in [1.82, 2.24) is 9.88 Å². The molecular formula is C15H18N2. The smallest absolute Gasteiger partial charge is 0.0835 e. The molecule has 88 valence electrons. The number of aromatic nitrogens is 1. The van der Waals surface area contributed by atoms with Gasteiger partial charge in [-0.25, -0.2) is 0 Å². The van der Waals surface area contributed by atoms with Gasteiger partial charge >= 0.3 is 0 Å². The van der Waals surface area contributed by atoms with Crippen molar-refractivity contribution >= 4 is 10.9 Å². The Hall–Kier alpha value is -1.72. The summed E-state index contributed by atoms with van der Waals surface area (Å²) in [6.07, 6.45) is 8.63. The van der Waals surface area contributed by atoms with Crippen molar-refractivity contribution in [2.75, 3.05) is 13.1 Å². The van der Waals surface area contributed by atoms with E-state index in [0.29, 0.717) is 6.54 Å². The number of para-hydroxylation sites is 1. The first-order chi connectivity index (χ1) is 8.36. The second kappa shape index (κ2) is 5.56. The molecule has 1 aromatic heterocycles. The summed E-state index contributed by atoms with van der Waals surface area (Å²) in [5, 5.41) is 4.67. The van der Waals surface area contributed by atoms with E-state index in [0.717, 1.165) is 19.5 Å². The molecule has 0 aliphatic carbocycles. The lowest BCUT2D eigenvalue weighted by Gasteiger charge is -1.99. The van der Waals surface area contributed by atoms with Crippen molar-refractivity contribution in [3.05, 3.63) is 36.0 Å². The summed E-state index contributed by atoms with van der Waals surface area (Å²) >= 11 is 0. The van der Waals surface area contributed by atoms with Gasteiger partial charge in [0.25, 0.3) is 0 Å². The predicted octanol–water partition coefficient (Wildman–Crippen LogP) is 2.43. The van der Waals surface area contributed by atoms with Crippen LogP contribution >= 0.6 is 0 Å². The molecule has 0 saturated heterocycles. The number of likely N-dealkylation sites (N-methyl/N-ethyl adjacent to an activating group) is 1. The molecule has 0 spiro atoms. The second-order valence-electron chi connectivity index (χ2n) is 4.11. The number of hydrogen-bond acceptors (Lipinski definition) is 1. The highest BCUT2D eigenvalue weighted by molar-refractivity contribution is 5.84. The Morgan fingerprint density at radius 2 is 2.18 bits per heavy atom. The van der Waals surface area contributed by atoms with Crippen LogP contribution in [0.3, 0.4) is 0 Å². The van der Waals surface area contributed by atoms with Crippen molar-refractivity contribution in [3.63, 3.8) is 0 Å². The summed E-state index contributed by atoms with van der Waals surface area (Å²) in [5.41, 5.74) is 2.61. The first-order valence-electron chi connectivity index (χ1n) is 6.07. The molecule has 2 heteroatoms. The SMILES string of the molecule is C#CCn1cc(CCNCC)c2ccccc21. The fraction of sp³-hybridized carbons (Fsp3) is 0.333. The zero-order chi connectivity index (χ0) is 12.1. The van der Waals surface area contributed by atoms with Gasteiger partial charge in [-0.05, 0) is 31.1 Å². The van der Waals surface area contributed by atoms with Crippen LogP contribution in [0.5, 0.6) is 0 Å². The maximum atomic E-state index is 5.40. The van der Waals surface area contributed by atoms with Gasteiger partial charge in [0.05, 0.1) is 6.54 Å². The summed E-state index contributed by atoms with van der Waals surface area (Å²) in [7, 11) is 0. The minimum atomic E-state index is 0.641. The van der Waals surface area contributed by atoms with Crippen LogP contribution in [0.15, 0.2) is 30.5 Å². The average molecular weight is 226 g/mol. The van der Waals surface area contributed by atoms with Crippen LogP contribution in [0.4, 0.5) is 0 Å². The average Bonchev–Trinajstić information content (AvgIpc) is 2.70. The zero-order valence-electron chi connectivity index (χ0n) is 10.2. The Kier molecular flexibility index (Phi) is 3.85. The minimum Gasteiger partial charge on any atom is -0.336 e. The fourth-order valence-corrected chi connectivity index (χ4v) is 2.15. The monoisotopic (exact) mass is 226 g/mol. The largest absolute Gasteiger partial charge is 0.336 e. The van der Waals surface area contributed by atoms with Gasteiger partial charge in [0.2, 0.25) is 0 Å². The molecule has 1 heterocycles. The molecule has 0 fully saturated rings. The Bertz CT molecular complexity index is 531. The zero-order valence-corrected chi connectivity index (χ0v) is 10.2. The third kappa shape index (κ3) is 2.51. The molecule has 0 atom stereocenters. The van der Waals surface area contributed by atoms with Crippen LogP contribution in [0.1, 0.15) is 12.5 Å². The molecule has 1 aromatic carbocycles. The molecule has 2 aromatic rings. The number of fused-ring (bicyclic) bond motifs is 1. The Labute approximate surface area is 103 Å². The third-order valence-corrected chi connectivity index (χ3v) is 2.95. The van der Waals surface area contributed by atoms with E-state index in [4.69, 9.17) is 6.42 Å². The Morgan fingerprint density at radius 1 is 1.35 bits per heavy atom. The highest BCUT2D eigenvalue weighted by Gasteiger charge is 2.06. The summed E-state index contributed by atoms with van der Waals surface area (Å²) < 4.78 is 2.15. The molecule has 0 radical (unpaired) electrons. The number of nitrogens with zero attached hydrogens (tertiary/aromatic N) is 1. The van der Waals surface area contributed by atoms with Crippen molar-refractivity contribution in [3.8, 4) is 12.3 Å². The summed E-state index contributed by atoms with van der Waals surface area (Å²) in [6, 6.07) is 8.44. The molecule has 0 saturated carbocycles. The first kappa shape index (κ1) is 11.8. The third-order valence-electron chi connectivity index (χ3n) is 2.95. The Morgan fingerprint density at radius 3 is 2.94 bits per heavy atom. The fourth-order valence-electron chi connectivity index (χ4n) is 2.15. The summed E-state index contributed by atoms with van der Waals surface area (Å²) in [5.74, 6) is 2.70. The topological polar surface area (TPSA) is 17.0 Å². The van der Waals surface area contributed by atoms with E-state index < -0.39 is 0 Å². The maximum Gasteiger partial charge on any atom is 0.0835 e. The molecule has 0 aliphatic rings. The second-order valence-corrected chi connectivity index (χ2v) is 4.11. The summed E-state index contributed by atoms with van der Waals surface area (Å²) in [4.78, 5) is 0. The number of rotatable bonds is 5. The van der Waals surface area contributed by atoms with Gasteiger partial charge in [0, 0.05) is 17.1 Å². The standard InChI is InChI=1S/C15H18N2/c1-3-11-17-12-13(9-10-16-4-2)14-7-5-6-8-15(14)17/h1,5-8,12,16H,4,9-11H2,2H3. The Balaban J connectivity index is 2.32. The summed E-state index contributed by atoms with van der Waals surface area (Å²) in [6.45, 7) is 4.80. The van der Waals surface area contributed by atoms with Gasteiger partial charge in [-0.2, -0.15) is 0 Å². The van der Waals surface area contributed by atoms with Crippen molar-refractivity contribution in [2.45, 2.75) is 19.9 Å². The van der Waals surface area contributed by atoms with Crippen LogP contribution in [-0.4, -0.2) is 17.7 Å². The van der Waals surface area contributed by atoms with Gasteiger partial charge in [-0.15, -0.1) is 6.42 Å². The van der Waals surface area contributed by atoms with Crippen LogP contribution in [0, 0.1) is 12.3 Å². The van der Waals surface area contributed by atoms with Crippen molar-refractivity contribution < 1.29 is 0 Å². The van der Waals surface area contributed by atoms with Crippen LogP contribution < -0.4 is 5.32 Å². The number of hydrogen-bond donors (Lipinski definition) is 1. The molecule has 0 bridgehead atoms. The molecular weight excluding hydrogens is 208 g/mol. The minimum absolute atomic E-state index is 0.641. The van der Waals surface area contributed by atoms with E-state index in [1.807, 2.05) is 0 Å². The van der Waals surface area contributed by atoms with Gasteiger partial charge in [0.1, 0.15) is 0 Å². The van der Waals surface area contributed by atoms with E-state index in [9.17, 15) is 0 Å². The van der Waals surface area contributed by atoms with E-state index in [1.54, 1.807) is 0 Å². The van der Waals surface area contributed by atoms with E-state index in [1.165, 1.54) is 16.5 Å². The number of terminal acetylenes is 1. The van der Waals surface area contributed by atoms with E-state index in [-0.39, 0.29) is 0 Å². The number of nitrogens with one attached hydrogen (secondary N) is 1. The van der Waals surface area contributed by atoms with Crippen LogP contribution in [-0.2, 0) is 13.0 Å². The first-order valence-corrected chi connectivity index (χ1v) is 6.07. The molecule has 2 rings (SSSR count). The lowest BCUT2D eigenvalue weighted by atomic mass is 10.1. The lowest BCUT2D eigenvalue weighted by molar-refractivity contribution is 0.716. The lowest BCUT2D eigenvalue weighted by Crippen LogP contribution is -2.15. The normalized spacial score (nSPS) is 10.6. The van der Waals surface area contributed by atoms with Gasteiger partial charge in [-0.1, -0.05) is 31.0 Å². The molecule has 2 nitrogen and oxygen atoms in total. The predicted molar refractivity (Wildman–Crippen MR) is 73.0 cm³/mol. The van der Waals surface area contributed by atoms with Gasteiger partial charge in [0.15, 0.2) is 0 Å². The quantitative estimate of drug-likeness (QED) is 0.612. The number of benzene rings is 1. The van der Waals surface area contributed by atoms with Gasteiger partial charge < -0.3 is 9.88 Å². The maximum absolute atomic E-state index is 5.40.